The number of benzene rings is 10. The quantitative estimate of drug-likeness (QED) is 0.175. The molecule has 2 aromatic heterocycles. The summed E-state index contributed by atoms with van der Waals surface area (Å²) in [5.41, 5.74) is 10.0. The maximum absolute atomic E-state index is 6.62. The van der Waals surface area contributed by atoms with E-state index in [1.165, 1.54) is 69.4 Å². The number of hydrogen-bond donors (Lipinski definition) is 0. The van der Waals surface area contributed by atoms with Crippen molar-refractivity contribution in [3.63, 3.8) is 0 Å². The number of anilines is 3. The highest BCUT2D eigenvalue weighted by Gasteiger charge is 2.23. The van der Waals surface area contributed by atoms with E-state index in [0.717, 1.165) is 44.4 Å². The van der Waals surface area contributed by atoms with Crippen molar-refractivity contribution in [2.75, 3.05) is 4.90 Å². The van der Waals surface area contributed by atoms with Crippen LogP contribution in [0.2, 0.25) is 0 Å². The van der Waals surface area contributed by atoms with Gasteiger partial charge in [-0.1, -0.05) is 158 Å². The highest BCUT2D eigenvalue weighted by atomic mass is 32.1. The molecular formula is C54H33NOS. The van der Waals surface area contributed by atoms with Crippen molar-refractivity contribution in [3.8, 4) is 22.3 Å². The van der Waals surface area contributed by atoms with Gasteiger partial charge in [-0.2, -0.15) is 0 Å². The van der Waals surface area contributed by atoms with Crippen LogP contribution in [-0.2, 0) is 0 Å². The smallest absolute Gasteiger partial charge is 0.143 e. The van der Waals surface area contributed by atoms with Crippen LogP contribution in [0, 0.1) is 0 Å². The van der Waals surface area contributed by atoms with Crippen molar-refractivity contribution in [1.82, 2.24) is 0 Å². The summed E-state index contributed by atoms with van der Waals surface area (Å²) < 4.78 is 9.25. The number of nitrogens with zero attached hydrogens (tertiary/aromatic N) is 1. The minimum absolute atomic E-state index is 0.881. The average molecular weight is 744 g/mol. The number of fused-ring (bicyclic) bond motifs is 10. The van der Waals surface area contributed by atoms with Crippen molar-refractivity contribution in [3.05, 3.63) is 200 Å². The zero-order chi connectivity index (χ0) is 37.5. The van der Waals surface area contributed by atoms with Gasteiger partial charge in [0.15, 0.2) is 0 Å². The highest BCUT2D eigenvalue weighted by Crippen LogP contribution is 2.48. The van der Waals surface area contributed by atoms with Crippen LogP contribution in [0.5, 0.6) is 0 Å². The number of rotatable bonds is 5. The van der Waals surface area contributed by atoms with Gasteiger partial charge in [-0.05, 0) is 75.3 Å². The Hall–Kier alpha value is -7.20. The first-order chi connectivity index (χ1) is 28.3. The van der Waals surface area contributed by atoms with Gasteiger partial charge in [0.2, 0.25) is 0 Å². The molecule has 0 bridgehead atoms. The summed E-state index contributed by atoms with van der Waals surface area (Å²) in [7, 11) is 0. The molecule has 0 spiro atoms. The van der Waals surface area contributed by atoms with Gasteiger partial charge in [-0.3, -0.25) is 0 Å². The molecule has 0 radical (unpaired) electrons. The maximum atomic E-state index is 6.62. The van der Waals surface area contributed by atoms with Gasteiger partial charge in [-0.15, -0.1) is 11.3 Å². The second-order valence-corrected chi connectivity index (χ2v) is 15.8. The molecule has 10 aromatic carbocycles. The van der Waals surface area contributed by atoms with Crippen LogP contribution in [0.1, 0.15) is 0 Å². The maximum Gasteiger partial charge on any atom is 0.143 e. The van der Waals surface area contributed by atoms with Crippen molar-refractivity contribution in [1.29, 1.82) is 0 Å². The van der Waals surface area contributed by atoms with Crippen LogP contribution >= 0.6 is 11.3 Å². The van der Waals surface area contributed by atoms with E-state index < -0.39 is 0 Å². The first-order valence-corrected chi connectivity index (χ1v) is 20.2. The molecule has 2 nitrogen and oxygen atoms in total. The third-order valence-electron chi connectivity index (χ3n) is 11.7. The van der Waals surface area contributed by atoms with E-state index in [0.29, 0.717) is 0 Å². The van der Waals surface area contributed by atoms with E-state index in [9.17, 15) is 0 Å². The second kappa shape index (κ2) is 12.7. The molecule has 57 heavy (non-hydrogen) atoms. The second-order valence-electron chi connectivity index (χ2n) is 14.8. The standard InChI is InChI=1S/C54H33NOS/c1-2-13-34(14-3-1)37-28-30-49(42-19-8-6-17-39(37)42)55(36-26-32-51-48(33-36)45-27-25-35-15-4-5-16-38(35)53(45)56-51)50-31-29-41(40-18-7-9-20-43(40)50)46-22-12-23-47-44-21-10-11-24-52(44)57-54(46)47/h1-33H. The summed E-state index contributed by atoms with van der Waals surface area (Å²) in [6.45, 7) is 0. The normalized spacial score (nSPS) is 11.9. The fourth-order valence-corrected chi connectivity index (χ4v) is 10.3. The van der Waals surface area contributed by atoms with Crippen LogP contribution < -0.4 is 4.90 Å². The molecule has 0 aliphatic rings. The van der Waals surface area contributed by atoms with Crippen LogP contribution in [0.4, 0.5) is 17.1 Å². The molecule has 0 saturated carbocycles. The Balaban J connectivity index is 1.13. The lowest BCUT2D eigenvalue weighted by Gasteiger charge is -2.29. The number of hydrogen-bond acceptors (Lipinski definition) is 3. The summed E-state index contributed by atoms with van der Waals surface area (Å²) in [5.74, 6) is 0. The molecule has 0 saturated heterocycles. The monoisotopic (exact) mass is 743 g/mol. The van der Waals surface area contributed by atoms with Crippen molar-refractivity contribution in [2.45, 2.75) is 0 Å². The Morgan fingerprint density at radius 1 is 0.368 bits per heavy atom. The largest absolute Gasteiger partial charge is 0.455 e. The molecule has 3 heteroatoms. The SMILES string of the molecule is c1ccc(-c2ccc(N(c3ccc4oc5c6ccccc6ccc5c4c3)c3ccc(-c4cccc5c4sc4ccccc45)c4ccccc34)c3ccccc23)cc1. The Morgan fingerprint density at radius 2 is 1.00 bits per heavy atom. The van der Waals surface area contributed by atoms with Gasteiger partial charge in [0.05, 0.1) is 11.4 Å². The predicted octanol–water partition coefficient (Wildman–Crippen LogP) is 16.2. The minimum atomic E-state index is 0.881. The third kappa shape index (κ3) is 4.96. The van der Waals surface area contributed by atoms with Crippen LogP contribution in [0.15, 0.2) is 205 Å². The first-order valence-electron chi connectivity index (χ1n) is 19.4. The minimum Gasteiger partial charge on any atom is -0.455 e. The van der Waals surface area contributed by atoms with Crippen molar-refractivity contribution in [2.24, 2.45) is 0 Å². The number of furan rings is 1. The summed E-state index contributed by atoms with van der Waals surface area (Å²) >= 11 is 1.88. The predicted molar refractivity (Wildman–Crippen MR) is 245 cm³/mol. The van der Waals surface area contributed by atoms with Gasteiger partial charge < -0.3 is 9.32 Å². The zero-order valence-corrected chi connectivity index (χ0v) is 31.6. The lowest BCUT2D eigenvalue weighted by atomic mass is 9.94. The summed E-state index contributed by atoms with van der Waals surface area (Å²) in [5, 5.41) is 11.9. The Bertz CT molecular complexity index is 3540. The molecule has 12 aromatic rings. The molecular weight excluding hydrogens is 711 g/mol. The fraction of sp³-hybridized carbons (Fsp3) is 0. The van der Waals surface area contributed by atoms with Crippen molar-refractivity contribution >= 4 is 103 Å². The summed E-state index contributed by atoms with van der Waals surface area (Å²) in [6.07, 6.45) is 0. The molecule has 266 valence electrons. The average Bonchev–Trinajstić information content (AvgIpc) is 3.86. The van der Waals surface area contributed by atoms with E-state index in [1.54, 1.807) is 0 Å². The molecule has 0 amide bonds. The zero-order valence-electron chi connectivity index (χ0n) is 30.8. The number of thiophene rings is 1. The van der Waals surface area contributed by atoms with Crippen LogP contribution in [0.3, 0.4) is 0 Å². The van der Waals surface area contributed by atoms with E-state index in [2.05, 4.69) is 205 Å². The summed E-state index contributed by atoms with van der Waals surface area (Å²) in [6, 6.07) is 72.8. The van der Waals surface area contributed by atoms with Gasteiger partial charge >= 0.3 is 0 Å². The van der Waals surface area contributed by atoms with E-state index in [4.69, 9.17) is 4.42 Å². The van der Waals surface area contributed by atoms with Gasteiger partial charge in [0, 0.05) is 58.4 Å². The topological polar surface area (TPSA) is 16.4 Å². The van der Waals surface area contributed by atoms with Gasteiger partial charge in [0.1, 0.15) is 11.2 Å². The van der Waals surface area contributed by atoms with Gasteiger partial charge in [-0.25, -0.2) is 0 Å². The Labute approximate surface area is 333 Å². The molecule has 0 N–H and O–H groups in total. The van der Waals surface area contributed by atoms with Crippen LogP contribution in [-0.4, -0.2) is 0 Å². The molecule has 0 atom stereocenters. The lowest BCUT2D eigenvalue weighted by Crippen LogP contribution is -2.11. The van der Waals surface area contributed by atoms with E-state index in [1.807, 2.05) is 11.3 Å². The molecule has 12 rings (SSSR count). The van der Waals surface area contributed by atoms with E-state index >= 15 is 0 Å². The molecule has 2 heterocycles. The van der Waals surface area contributed by atoms with E-state index in [-0.39, 0.29) is 0 Å². The van der Waals surface area contributed by atoms with Crippen molar-refractivity contribution < 1.29 is 4.42 Å². The Morgan fingerprint density at radius 3 is 1.79 bits per heavy atom. The first kappa shape index (κ1) is 32.1. The van der Waals surface area contributed by atoms with Crippen LogP contribution in [0.25, 0.3) is 96.7 Å². The highest BCUT2D eigenvalue weighted by molar-refractivity contribution is 7.26. The lowest BCUT2D eigenvalue weighted by molar-refractivity contribution is 0.672. The molecule has 0 aliphatic carbocycles. The fourth-order valence-electron chi connectivity index (χ4n) is 9.06. The third-order valence-corrected chi connectivity index (χ3v) is 12.9. The molecule has 0 aliphatic heterocycles. The van der Waals surface area contributed by atoms with Gasteiger partial charge in [0.25, 0.3) is 0 Å². The Kier molecular flexibility index (Phi) is 7.13. The summed E-state index contributed by atoms with van der Waals surface area (Å²) in [4.78, 5) is 2.46. The molecule has 0 unspecified atom stereocenters. The molecule has 0 fully saturated rings.